The largest absolute Gasteiger partial charge is 0.454 e. The van der Waals surface area contributed by atoms with Crippen LogP contribution in [-0.2, 0) is 0 Å². The van der Waals surface area contributed by atoms with Gasteiger partial charge in [0.15, 0.2) is 11.5 Å². The van der Waals surface area contributed by atoms with Crippen LogP contribution in [0.1, 0.15) is 19.3 Å². The monoisotopic (exact) mass is 289 g/mol. The number of nitrogens with one attached hydrogen (secondary N) is 2. The number of anilines is 1. The Kier molecular flexibility index (Phi) is 3.11. The van der Waals surface area contributed by atoms with Gasteiger partial charge in [-0.1, -0.05) is 0 Å². The minimum Gasteiger partial charge on any atom is -0.454 e. The Hall–Kier alpha value is -1.95. The molecule has 2 N–H and O–H groups in total. The number of carbonyl (C=O) groups is 1. The molecule has 2 heterocycles. The zero-order valence-electron chi connectivity index (χ0n) is 11.8. The fourth-order valence-electron chi connectivity index (χ4n) is 3.00. The standard InChI is InChI=1S/C15H19N3O3/c19-15(17-11-5-6-18(8-11)12-2-3-12)16-10-1-4-13-14(7-10)21-9-20-13/h1,4,7,11-12H,2-3,5-6,8-9H2,(H2,16,17,19)/t11-/m1/s1. The summed E-state index contributed by atoms with van der Waals surface area (Å²) in [5.41, 5.74) is 0.716. The third-order valence-electron chi connectivity index (χ3n) is 4.25. The zero-order valence-corrected chi connectivity index (χ0v) is 11.8. The summed E-state index contributed by atoms with van der Waals surface area (Å²) in [6.07, 6.45) is 3.66. The number of carbonyl (C=O) groups excluding carboxylic acids is 1. The Labute approximate surface area is 123 Å². The van der Waals surface area contributed by atoms with Gasteiger partial charge in [0.05, 0.1) is 0 Å². The molecule has 1 aliphatic carbocycles. The first kappa shape index (κ1) is 12.8. The average Bonchev–Trinajstić information content (AvgIpc) is 3.04. The molecule has 21 heavy (non-hydrogen) atoms. The highest BCUT2D eigenvalue weighted by atomic mass is 16.7. The third kappa shape index (κ3) is 2.76. The lowest BCUT2D eigenvalue weighted by atomic mass is 10.2. The van der Waals surface area contributed by atoms with E-state index in [4.69, 9.17) is 9.47 Å². The molecule has 2 amide bonds. The molecule has 1 saturated carbocycles. The van der Waals surface area contributed by atoms with Crippen molar-refractivity contribution in [2.75, 3.05) is 25.2 Å². The van der Waals surface area contributed by atoms with Gasteiger partial charge in [0.25, 0.3) is 0 Å². The quantitative estimate of drug-likeness (QED) is 0.890. The Balaban J connectivity index is 1.31. The van der Waals surface area contributed by atoms with Crippen LogP contribution in [0, 0.1) is 0 Å². The SMILES string of the molecule is O=C(Nc1ccc2c(c1)OCO2)N[C@@H]1CCN(C2CC2)C1. The number of hydrogen-bond acceptors (Lipinski definition) is 4. The lowest BCUT2D eigenvalue weighted by molar-refractivity contribution is 0.174. The van der Waals surface area contributed by atoms with E-state index in [9.17, 15) is 4.79 Å². The van der Waals surface area contributed by atoms with Gasteiger partial charge in [-0.2, -0.15) is 0 Å². The third-order valence-corrected chi connectivity index (χ3v) is 4.25. The maximum atomic E-state index is 12.0. The predicted octanol–water partition coefficient (Wildman–Crippen LogP) is 1.77. The maximum Gasteiger partial charge on any atom is 0.319 e. The van der Waals surface area contributed by atoms with Crippen molar-refractivity contribution in [3.63, 3.8) is 0 Å². The number of ether oxygens (including phenoxy) is 2. The van der Waals surface area contributed by atoms with Crippen LogP contribution in [0.5, 0.6) is 11.5 Å². The van der Waals surface area contributed by atoms with Gasteiger partial charge in [0.2, 0.25) is 6.79 Å². The second-order valence-corrected chi connectivity index (χ2v) is 5.88. The van der Waals surface area contributed by atoms with Gasteiger partial charge >= 0.3 is 6.03 Å². The van der Waals surface area contributed by atoms with Crippen LogP contribution in [0.2, 0.25) is 0 Å². The highest BCUT2D eigenvalue weighted by Crippen LogP contribution is 2.34. The van der Waals surface area contributed by atoms with Gasteiger partial charge in [0.1, 0.15) is 0 Å². The number of fused-ring (bicyclic) bond motifs is 1. The van der Waals surface area contributed by atoms with E-state index in [0.717, 1.165) is 31.3 Å². The summed E-state index contributed by atoms with van der Waals surface area (Å²) in [6.45, 7) is 2.31. The van der Waals surface area contributed by atoms with Crippen molar-refractivity contribution in [2.24, 2.45) is 0 Å². The molecule has 6 nitrogen and oxygen atoms in total. The molecule has 0 aromatic heterocycles. The number of hydrogen-bond donors (Lipinski definition) is 2. The highest BCUT2D eigenvalue weighted by molar-refractivity contribution is 5.89. The molecule has 2 fully saturated rings. The molecule has 0 radical (unpaired) electrons. The van der Waals surface area contributed by atoms with Crippen molar-refractivity contribution in [3.8, 4) is 11.5 Å². The Morgan fingerprint density at radius 1 is 1.19 bits per heavy atom. The molecular weight excluding hydrogens is 270 g/mol. The van der Waals surface area contributed by atoms with Gasteiger partial charge in [-0.05, 0) is 31.4 Å². The number of amides is 2. The fraction of sp³-hybridized carbons (Fsp3) is 0.533. The topological polar surface area (TPSA) is 62.8 Å². The van der Waals surface area contributed by atoms with E-state index in [0.29, 0.717) is 11.4 Å². The van der Waals surface area contributed by atoms with Gasteiger partial charge in [-0.3, -0.25) is 4.90 Å². The Morgan fingerprint density at radius 2 is 2.05 bits per heavy atom. The van der Waals surface area contributed by atoms with Crippen LogP contribution >= 0.6 is 0 Å². The molecule has 3 aliphatic rings. The van der Waals surface area contributed by atoms with Crippen molar-refractivity contribution < 1.29 is 14.3 Å². The molecule has 1 saturated heterocycles. The minimum absolute atomic E-state index is 0.156. The molecule has 112 valence electrons. The summed E-state index contributed by atoms with van der Waals surface area (Å²) < 4.78 is 10.6. The summed E-state index contributed by atoms with van der Waals surface area (Å²) in [4.78, 5) is 14.5. The molecule has 4 rings (SSSR count). The van der Waals surface area contributed by atoms with Crippen molar-refractivity contribution in [1.29, 1.82) is 0 Å². The van der Waals surface area contributed by atoms with Crippen molar-refractivity contribution >= 4 is 11.7 Å². The van der Waals surface area contributed by atoms with E-state index in [2.05, 4.69) is 15.5 Å². The van der Waals surface area contributed by atoms with Crippen LogP contribution in [0.15, 0.2) is 18.2 Å². The fourth-order valence-corrected chi connectivity index (χ4v) is 3.00. The molecule has 0 spiro atoms. The van der Waals surface area contributed by atoms with E-state index in [1.165, 1.54) is 12.8 Å². The van der Waals surface area contributed by atoms with Gasteiger partial charge < -0.3 is 20.1 Å². The lowest BCUT2D eigenvalue weighted by Gasteiger charge is -2.16. The molecule has 1 atom stereocenters. The van der Waals surface area contributed by atoms with Crippen LogP contribution < -0.4 is 20.1 Å². The summed E-state index contributed by atoms with van der Waals surface area (Å²) >= 11 is 0. The number of benzene rings is 1. The van der Waals surface area contributed by atoms with Crippen LogP contribution in [0.4, 0.5) is 10.5 Å². The van der Waals surface area contributed by atoms with Gasteiger partial charge in [-0.15, -0.1) is 0 Å². The second-order valence-electron chi connectivity index (χ2n) is 5.88. The summed E-state index contributed by atoms with van der Waals surface area (Å²) in [7, 11) is 0. The van der Waals surface area contributed by atoms with Crippen LogP contribution in [0.25, 0.3) is 0 Å². The van der Waals surface area contributed by atoms with E-state index in [1.54, 1.807) is 6.07 Å². The van der Waals surface area contributed by atoms with Gasteiger partial charge in [0, 0.05) is 36.9 Å². The number of rotatable bonds is 3. The Bertz CT molecular complexity index is 559. The van der Waals surface area contributed by atoms with Crippen molar-refractivity contribution in [3.05, 3.63) is 18.2 Å². The number of urea groups is 1. The summed E-state index contributed by atoms with van der Waals surface area (Å²) in [5, 5.41) is 5.90. The van der Waals surface area contributed by atoms with Crippen LogP contribution in [0.3, 0.4) is 0 Å². The average molecular weight is 289 g/mol. The van der Waals surface area contributed by atoms with Crippen LogP contribution in [-0.4, -0.2) is 42.9 Å². The maximum absolute atomic E-state index is 12.0. The summed E-state index contributed by atoms with van der Waals surface area (Å²) in [5.74, 6) is 1.39. The zero-order chi connectivity index (χ0) is 14.2. The molecule has 0 bridgehead atoms. The number of likely N-dealkylation sites (tertiary alicyclic amines) is 1. The van der Waals surface area contributed by atoms with Gasteiger partial charge in [-0.25, -0.2) is 4.79 Å². The summed E-state index contributed by atoms with van der Waals surface area (Å²) in [6, 6.07) is 6.28. The molecule has 1 aromatic rings. The first-order valence-electron chi connectivity index (χ1n) is 7.49. The minimum atomic E-state index is -0.156. The smallest absolute Gasteiger partial charge is 0.319 e. The van der Waals surface area contributed by atoms with E-state index >= 15 is 0 Å². The molecule has 0 unspecified atom stereocenters. The Morgan fingerprint density at radius 3 is 2.90 bits per heavy atom. The van der Waals surface area contributed by atoms with E-state index in [1.807, 2.05) is 12.1 Å². The molecule has 2 aliphatic heterocycles. The molecule has 1 aromatic carbocycles. The lowest BCUT2D eigenvalue weighted by Crippen LogP contribution is -2.40. The number of nitrogens with zero attached hydrogens (tertiary/aromatic N) is 1. The van der Waals surface area contributed by atoms with E-state index in [-0.39, 0.29) is 18.9 Å². The predicted molar refractivity (Wildman–Crippen MR) is 77.7 cm³/mol. The van der Waals surface area contributed by atoms with Crippen molar-refractivity contribution in [1.82, 2.24) is 10.2 Å². The van der Waals surface area contributed by atoms with E-state index < -0.39 is 0 Å². The molecule has 6 heteroatoms. The normalized spacial score (nSPS) is 24.1. The first-order chi connectivity index (χ1) is 10.3. The highest BCUT2D eigenvalue weighted by Gasteiger charge is 2.34. The molecular formula is C15H19N3O3. The van der Waals surface area contributed by atoms with Crippen molar-refractivity contribution in [2.45, 2.75) is 31.3 Å². The second kappa shape index (κ2) is 5.11. The first-order valence-corrected chi connectivity index (χ1v) is 7.49.